The normalized spacial score (nSPS) is 22.3. The van der Waals surface area contributed by atoms with Crippen LogP contribution in [0.25, 0.3) is 0 Å². The molecule has 6 aliphatic carbocycles. The van der Waals surface area contributed by atoms with E-state index in [0.29, 0.717) is 11.1 Å². The summed E-state index contributed by atoms with van der Waals surface area (Å²) in [7, 11) is 2.88. The van der Waals surface area contributed by atoms with Crippen molar-refractivity contribution in [2.75, 3.05) is 14.2 Å². The van der Waals surface area contributed by atoms with Crippen molar-refractivity contribution in [3.63, 3.8) is 0 Å². The van der Waals surface area contributed by atoms with E-state index in [9.17, 15) is 9.59 Å². The highest BCUT2D eigenvalue weighted by atomic mass is 16.5. The molecule has 0 fully saturated rings. The minimum Gasteiger partial charge on any atom is -0.465 e. The fourth-order valence-corrected chi connectivity index (χ4v) is 10.5. The standard InChI is InChI=1S/C46H34O4/c1-25-13-19-37-33(21-25)41-29-9-5-7-11-35(29)45(37,39-23-27(43(47)49-3)15-17-31(39)41)46-36-12-8-6-10-30(36)42(34-22-26(2)14-20-38(34)46)32-18-16-28(24-40(32)46)44(48)50-4/h5-24,41-42H,1-4H3. The molecular formula is C46H34O4. The Morgan fingerprint density at radius 1 is 0.440 bits per heavy atom. The van der Waals surface area contributed by atoms with Gasteiger partial charge >= 0.3 is 11.9 Å². The van der Waals surface area contributed by atoms with Crippen LogP contribution in [0.5, 0.6) is 0 Å². The van der Waals surface area contributed by atoms with E-state index in [0.717, 1.165) is 11.1 Å². The van der Waals surface area contributed by atoms with Crippen LogP contribution in [0.3, 0.4) is 0 Å². The first-order valence-electron chi connectivity index (χ1n) is 17.2. The molecular weight excluding hydrogens is 617 g/mol. The lowest BCUT2D eigenvalue weighted by Gasteiger charge is -2.64. The Bertz CT molecular complexity index is 2330. The Balaban J connectivity index is 1.51. The predicted molar refractivity (Wildman–Crippen MR) is 192 cm³/mol. The van der Waals surface area contributed by atoms with Crippen molar-refractivity contribution in [3.8, 4) is 0 Å². The summed E-state index contributed by atoms with van der Waals surface area (Å²) in [6.07, 6.45) is 0. The third kappa shape index (κ3) is 3.23. The summed E-state index contributed by atoms with van der Waals surface area (Å²) in [5, 5.41) is 0. The average molecular weight is 651 g/mol. The Hall–Kier alpha value is -5.74. The molecule has 0 spiro atoms. The Morgan fingerprint density at radius 3 is 1.24 bits per heavy atom. The van der Waals surface area contributed by atoms with Crippen molar-refractivity contribution >= 4 is 11.9 Å². The number of benzene rings is 6. The molecule has 6 aromatic carbocycles. The molecule has 0 N–H and O–H groups in total. The zero-order chi connectivity index (χ0) is 34.1. The van der Waals surface area contributed by atoms with E-state index in [1.165, 1.54) is 81.0 Å². The number of esters is 2. The fourth-order valence-electron chi connectivity index (χ4n) is 10.5. The molecule has 0 saturated heterocycles. The number of carbonyl (C=O) groups is 2. The Morgan fingerprint density at radius 2 is 0.820 bits per heavy atom. The van der Waals surface area contributed by atoms with Gasteiger partial charge in [-0.05, 0) is 105 Å². The minimum absolute atomic E-state index is 0.00499. The summed E-state index contributed by atoms with van der Waals surface area (Å²) in [6, 6.07) is 44.0. The first-order chi connectivity index (χ1) is 24.4. The van der Waals surface area contributed by atoms with E-state index in [1.54, 1.807) is 0 Å². The van der Waals surface area contributed by atoms with Gasteiger partial charge in [-0.3, -0.25) is 0 Å². The van der Waals surface area contributed by atoms with Crippen molar-refractivity contribution < 1.29 is 19.1 Å². The van der Waals surface area contributed by atoms with Gasteiger partial charge in [-0.1, -0.05) is 108 Å². The third-order valence-electron chi connectivity index (χ3n) is 12.1. The van der Waals surface area contributed by atoms with E-state index < -0.39 is 10.8 Å². The van der Waals surface area contributed by atoms with Crippen molar-refractivity contribution in [1.29, 1.82) is 0 Å². The molecule has 4 atom stereocenters. The molecule has 0 aromatic heterocycles. The molecule has 0 amide bonds. The molecule has 0 radical (unpaired) electrons. The van der Waals surface area contributed by atoms with Gasteiger partial charge in [0, 0.05) is 11.8 Å². The molecule has 0 aliphatic heterocycles. The van der Waals surface area contributed by atoms with Crippen LogP contribution in [0.2, 0.25) is 0 Å². The molecule has 0 saturated carbocycles. The van der Waals surface area contributed by atoms with Gasteiger partial charge in [0.1, 0.15) is 0 Å². The van der Waals surface area contributed by atoms with Crippen molar-refractivity contribution in [3.05, 3.63) is 210 Å². The van der Waals surface area contributed by atoms with Crippen LogP contribution in [0, 0.1) is 13.8 Å². The van der Waals surface area contributed by atoms with Gasteiger partial charge < -0.3 is 9.47 Å². The molecule has 4 nitrogen and oxygen atoms in total. The number of ether oxygens (including phenoxy) is 2. The quantitative estimate of drug-likeness (QED) is 0.180. The number of rotatable bonds is 3. The van der Waals surface area contributed by atoms with Gasteiger partial charge in [0.05, 0.1) is 36.2 Å². The van der Waals surface area contributed by atoms with E-state index in [2.05, 4.69) is 123 Å². The molecule has 4 heteroatoms. The van der Waals surface area contributed by atoms with Crippen LogP contribution >= 0.6 is 0 Å². The monoisotopic (exact) mass is 650 g/mol. The van der Waals surface area contributed by atoms with Crippen LogP contribution in [-0.2, 0) is 20.3 Å². The highest BCUT2D eigenvalue weighted by Gasteiger charge is 2.68. The topological polar surface area (TPSA) is 52.6 Å². The molecule has 50 heavy (non-hydrogen) atoms. The Kier molecular flexibility index (Phi) is 5.79. The summed E-state index contributed by atoms with van der Waals surface area (Å²) in [4.78, 5) is 26.8. The molecule has 6 aliphatic rings. The van der Waals surface area contributed by atoms with Gasteiger partial charge in [-0.2, -0.15) is 0 Å². The lowest BCUT2D eigenvalue weighted by atomic mass is 9.36. The maximum absolute atomic E-state index is 13.4. The van der Waals surface area contributed by atoms with Gasteiger partial charge in [-0.25, -0.2) is 9.59 Å². The van der Waals surface area contributed by atoms with Gasteiger partial charge in [0.2, 0.25) is 0 Å². The van der Waals surface area contributed by atoms with Crippen LogP contribution in [0.15, 0.2) is 121 Å². The van der Waals surface area contributed by atoms with Crippen LogP contribution in [0.1, 0.15) is 110 Å². The van der Waals surface area contributed by atoms with Gasteiger partial charge in [0.15, 0.2) is 0 Å². The number of aryl methyl sites for hydroxylation is 2. The number of hydrogen-bond acceptors (Lipinski definition) is 4. The summed E-state index contributed by atoms with van der Waals surface area (Å²) in [5.41, 5.74) is 16.3. The molecule has 4 bridgehead atoms. The second kappa shape index (κ2) is 9.92. The van der Waals surface area contributed by atoms with Crippen LogP contribution in [0.4, 0.5) is 0 Å². The predicted octanol–water partition coefficient (Wildman–Crippen LogP) is 8.86. The third-order valence-corrected chi connectivity index (χ3v) is 12.1. The maximum Gasteiger partial charge on any atom is 0.337 e. The van der Waals surface area contributed by atoms with Crippen LogP contribution in [-0.4, -0.2) is 26.2 Å². The number of hydrogen-bond donors (Lipinski definition) is 0. The summed E-state index contributed by atoms with van der Waals surface area (Å²) in [6.45, 7) is 4.33. The zero-order valence-electron chi connectivity index (χ0n) is 28.3. The van der Waals surface area contributed by atoms with Crippen molar-refractivity contribution in [1.82, 2.24) is 0 Å². The lowest BCUT2D eigenvalue weighted by molar-refractivity contribution is 0.0591. The highest BCUT2D eigenvalue weighted by Crippen LogP contribution is 2.73. The molecule has 242 valence electrons. The fraction of sp³-hybridized carbons (Fsp3) is 0.174. The summed E-state index contributed by atoms with van der Waals surface area (Å²) < 4.78 is 10.7. The summed E-state index contributed by atoms with van der Waals surface area (Å²) >= 11 is 0. The smallest absolute Gasteiger partial charge is 0.337 e. The summed E-state index contributed by atoms with van der Waals surface area (Å²) in [5.74, 6) is -0.739. The largest absolute Gasteiger partial charge is 0.465 e. The molecule has 12 rings (SSSR count). The van der Waals surface area contributed by atoms with E-state index >= 15 is 0 Å². The van der Waals surface area contributed by atoms with Crippen molar-refractivity contribution in [2.45, 2.75) is 36.5 Å². The van der Waals surface area contributed by atoms with Gasteiger partial charge in [-0.15, -0.1) is 0 Å². The first kappa shape index (κ1) is 29.2. The lowest BCUT2D eigenvalue weighted by Crippen LogP contribution is -2.61. The second-order valence-electron chi connectivity index (χ2n) is 14.3. The van der Waals surface area contributed by atoms with Crippen molar-refractivity contribution in [2.24, 2.45) is 0 Å². The van der Waals surface area contributed by atoms with E-state index in [1.807, 2.05) is 12.1 Å². The average Bonchev–Trinajstić information content (AvgIpc) is 3.16. The van der Waals surface area contributed by atoms with E-state index in [4.69, 9.17) is 9.47 Å². The van der Waals surface area contributed by atoms with Crippen LogP contribution < -0.4 is 0 Å². The maximum atomic E-state index is 13.4. The molecule has 6 aromatic rings. The first-order valence-corrected chi connectivity index (χ1v) is 17.2. The Labute approximate surface area is 291 Å². The van der Waals surface area contributed by atoms with Gasteiger partial charge in [0.25, 0.3) is 0 Å². The zero-order valence-corrected chi connectivity index (χ0v) is 28.3. The number of methoxy groups -OCH3 is 2. The second-order valence-corrected chi connectivity index (χ2v) is 14.3. The minimum atomic E-state index is -0.851. The number of carbonyl (C=O) groups excluding carboxylic acids is 2. The SMILES string of the molecule is COC(=O)c1ccc2c(c1)C1(C34c5ccccc5C(c5cc(C)ccc53)c3ccc(C(=O)OC)cc34)c3ccccc3C2c2cc(C)ccc21. The van der Waals surface area contributed by atoms with E-state index in [-0.39, 0.29) is 23.8 Å². The molecule has 4 unspecified atom stereocenters. The molecule has 0 heterocycles. The highest BCUT2D eigenvalue weighted by molar-refractivity contribution is 5.93.